The lowest BCUT2D eigenvalue weighted by Gasteiger charge is -2.27. The number of hydrogen-bond acceptors (Lipinski definition) is 5. The first-order chi connectivity index (χ1) is 9.76. The molecule has 1 aliphatic rings. The largest absolute Gasteiger partial charge is 0.497 e. The van der Waals surface area contributed by atoms with Crippen molar-refractivity contribution in [2.24, 2.45) is 0 Å². The van der Waals surface area contributed by atoms with Crippen LogP contribution in [0, 0.1) is 0 Å². The van der Waals surface area contributed by atoms with E-state index in [2.05, 4.69) is 10.2 Å². The summed E-state index contributed by atoms with van der Waals surface area (Å²) in [5.74, 6) is 0.694. The number of fused-ring (bicyclic) bond motifs is 1. The summed E-state index contributed by atoms with van der Waals surface area (Å²) >= 11 is 0. The van der Waals surface area contributed by atoms with Gasteiger partial charge in [0.15, 0.2) is 0 Å². The molecule has 0 amide bonds. The Bertz CT molecular complexity index is 660. The molecule has 0 unspecified atom stereocenters. The van der Waals surface area contributed by atoms with Crippen molar-refractivity contribution >= 4 is 11.0 Å². The highest BCUT2D eigenvalue weighted by atomic mass is 16.5. The van der Waals surface area contributed by atoms with Crippen molar-refractivity contribution in [3.63, 3.8) is 0 Å². The van der Waals surface area contributed by atoms with E-state index in [1.54, 1.807) is 19.2 Å². The van der Waals surface area contributed by atoms with Gasteiger partial charge in [-0.15, -0.1) is 0 Å². The lowest BCUT2D eigenvalue weighted by molar-refractivity contribution is 0.233. The van der Waals surface area contributed by atoms with Gasteiger partial charge in [0.25, 0.3) is 0 Å². The summed E-state index contributed by atoms with van der Waals surface area (Å²) in [4.78, 5) is 14.0. The van der Waals surface area contributed by atoms with Crippen LogP contribution in [0.5, 0.6) is 5.75 Å². The average Bonchev–Trinajstić information content (AvgIpc) is 2.47. The molecule has 1 fully saturated rings. The lowest BCUT2D eigenvalue weighted by Crippen LogP contribution is -2.43. The van der Waals surface area contributed by atoms with Crippen LogP contribution in [0.25, 0.3) is 11.0 Å². The van der Waals surface area contributed by atoms with E-state index >= 15 is 0 Å². The van der Waals surface area contributed by atoms with Crippen molar-refractivity contribution in [1.29, 1.82) is 0 Å². The zero-order valence-corrected chi connectivity index (χ0v) is 11.5. The average molecular weight is 274 g/mol. The van der Waals surface area contributed by atoms with E-state index in [4.69, 9.17) is 9.15 Å². The minimum Gasteiger partial charge on any atom is -0.497 e. The maximum atomic E-state index is 11.7. The van der Waals surface area contributed by atoms with Gasteiger partial charge < -0.3 is 14.5 Å². The van der Waals surface area contributed by atoms with Gasteiger partial charge in [-0.3, -0.25) is 4.90 Å². The molecule has 1 saturated heterocycles. The van der Waals surface area contributed by atoms with Crippen LogP contribution >= 0.6 is 0 Å². The molecule has 2 aromatic rings. The Morgan fingerprint density at radius 2 is 2.10 bits per heavy atom. The van der Waals surface area contributed by atoms with Crippen LogP contribution in [-0.4, -0.2) is 38.2 Å². The fourth-order valence-electron chi connectivity index (χ4n) is 2.58. The van der Waals surface area contributed by atoms with Gasteiger partial charge >= 0.3 is 5.63 Å². The molecule has 2 heterocycles. The molecule has 0 saturated carbocycles. The highest BCUT2D eigenvalue weighted by molar-refractivity contribution is 5.81. The molecule has 0 aliphatic carbocycles. The summed E-state index contributed by atoms with van der Waals surface area (Å²) in [6.45, 7) is 4.76. The standard InChI is InChI=1S/C15H18N2O3/c1-19-12-2-3-13-11(8-15(18)20-14(13)9-12)10-17-6-4-16-5-7-17/h2-3,8-9,16H,4-7,10H2,1H3. The predicted octanol–water partition coefficient (Wildman–Crippen LogP) is 1.21. The van der Waals surface area contributed by atoms with Crippen LogP contribution < -0.4 is 15.7 Å². The molecule has 1 aliphatic heterocycles. The van der Waals surface area contributed by atoms with Crippen LogP contribution in [-0.2, 0) is 6.54 Å². The summed E-state index contributed by atoms with van der Waals surface area (Å²) < 4.78 is 10.4. The van der Waals surface area contributed by atoms with Gasteiger partial charge in [0.2, 0.25) is 0 Å². The lowest BCUT2D eigenvalue weighted by atomic mass is 10.1. The monoisotopic (exact) mass is 274 g/mol. The van der Waals surface area contributed by atoms with Gasteiger partial charge in [0, 0.05) is 50.2 Å². The molecule has 1 aromatic carbocycles. The zero-order chi connectivity index (χ0) is 13.9. The first-order valence-corrected chi connectivity index (χ1v) is 6.80. The minimum absolute atomic E-state index is 0.309. The molecular weight excluding hydrogens is 256 g/mol. The Morgan fingerprint density at radius 3 is 2.85 bits per heavy atom. The molecule has 0 radical (unpaired) electrons. The van der Waals surface area contributed by atoms with Crippen molar-refractivity contribution in [3.8, 4) is 5.75 Å². The van der Waals surface area contributed by atoms with Crippen LogP contribution in [0.3, 0.4) is 0 Å². The topological polar surface area (TPSA) is 54.7 Å². The fourth-order valence-corrected chi connectivity index (χ4v) is 2.58. The van der Waals surface area contributed by atoms with Crippen LogP contribution in [0.15, 0.2) is 33.5 Å². The second kappa shape index (κ2) is 5.64. The predicted molar refractivity (Wildman–Crippen MR) is 77.2 cm³/mol. The number of benzene rings is 1. The van der Waals surface area contributed by atoms with Crippen LogP contribution in [0.4, 0.5) is 0 Å². The number of hydrogen-bond donors (Lipinski definition) is 1. The summed E-state index contributed by atoms with van der Waals surface area (Å²) in [5, 5.41) is 4.30. The van der Waals surface area contributed by atoms with E-state index in [1.807, 2.05) is 12.1 Å². The van der Waals surface area contributed by atoms with Crippen molar-refractivity contribution in [2.45, 2.75) is 6.54 Å². The number of rotatable bonds is 3. The second-order valence-electron chi connectivity index (χ2n) is 4.98. The smallest absolute Gasteiger partial charge is 0.336 e. The maximum Gasteiger partial charge on any atom is 0.336 e. The van der Waals surface area contributed by atoms with Gasteiger partial charge in [0.1, 0.15) is 11.3 Å². The molecule has 0 spiro atoms. The molecule has 3 rings (SSSR count). The third-order valence-electron chi connectivity index (χ3n) is 3.64. The maximum absolute atomic E-state index is 11.7. The molecule has 5 heteroatoms. The van der Waals surface area contributed by atoms with E-state index in [0.717, 1.165) is 43.7 Å². The van der Waals surface area contributed by atoms with Gasteiger partial charge in [-0.25, -0.2) is 4.79 Å². The third kappa shape index (κ3) is 2.69. The molecule has 0 bridgehead atoms. The number of nitrogens with zero attached hydrogens (tertiary/aromatic N) is 1. The fraction of sp³-hybridized carbons (Fsp3) is 0.400. The molecular formula is C15H18N2O3. The highest BCUT2D eigenvalue weighted by Gasteiger charge is 2.13. The molecule has 106 valence electrons. The Morgan fingerprint density at radius 1 is 1.30 bits per heavy atom. The van der Waals surface area contributed by atoms with Gasteiger partial charge in [0.05, 0.1) is 7.11 Å². The first kappa shape index (κ1) is 13.1. The van der Waals surface area contributed by atoms with Crippen molar-refractivity contribution in [1.82, 2.24) is 10.2 Å². The Hall–Kier alpha value is -1.85. The van der Waals surface area contributed by atoms with Crippen LogP contribution in [0.1, 0.15) is 5.56 Å². The van der Waals surface area contributed by atoms with E-state index < -0.39 is 0 Å². The van der Waals surface area contributed by atoms with Gasteiger partial charge in [-0.2, -0.15) is 0 Å². The van der Waals surface area contributed by atoms with Gasteiger partial charge in [-0.05, 0) is 17.7 Å². The number of methoxy groups -OCH3 is 1. The third-order valence-corrected chi connectivity index (χ3v) is 3.64. The normalized spacial score (nSPS) is 16.4. The van der Waals surface area contributed by atoms with Gasteiger partial charge in [-0.1, -0.05) is 0 Å². The Balaban J connectivity index is 1.98. The summed E-state index contributed by atoms with van der Waals surface area (Å²) in [5.41, 5.74) is 1.29. The summed E-state index contributed by atoms with van der Waals surface area (Å²) in [6, 6.07) is 7.20. The SMILES string of the molecule is COc1ccc2c(CN3CCNCC3)cc(=O)oc2c1. The zero-order valence-electron chi connectivity index (χ0n) is 11.5. The molecule has 1 aromatic heterocycles. The number of nitrogens with one attached hydrogen (secondary N) is 1. The highest BCUT2D eigenvalue weighted by Crippen LogP contribution is 2.23. The van der Waals surface area contributed by atoms with Crippen molar-refractivity contribution in [2.75, 3.05) is 33.3 Å². The Kier molecular flexibility index (Phi) is 3.71. The van der Waals surface area contributed by atoms with E-state index in [0.29, 0.717) is 11.3 Å². The molecule has 5 nitrogen and oxygen atoms in total. The van der Waals surface area contributed by atoms with E-state index in [-0.39, 0.29) is 5.63 Å². The Labute approximate surface area is 117 Å². The summed E-state index contributed by atoms with van der Waals surface area (Å²) in [7, 11) is 1.60. The van der Waals surface area contributed by atoms with Crippen molar-refractivity contribution < 1.29 is 9.15 Å². The minimum atomic E-state index is -0.309. The quantitative estimate of drug-likeness (QED) is 0.853. The first-order valence-electron chi connectivity index (χ1n) is 6.80. The van der Waals surface area contributed by atoms with E-state index in [1.165, 1.54) is 0 Å². The second-order valence-corrected chi connectivity index (χ2v) is 4.98. The number of ether oxygens (including phenoxy) is 1. The summed E-state index contributed by atoms with van der Waals surface area (Å²) in [6.07, 6.45) is 0. The molecule has 0 atom stereocenters. The van der Waals surface area contributed by atoms with Crippen molar-refractivity contribution in [3.05, 3.63) is 40.2 Å². The number of piperazine rings is 1. The molecule has 20 heavy (non-hydrogen) atoms. The molecule has 1 N–H and O–H groups in total. The van der Waals surface area contributed by atoms with Crippen LogP contribution in [0.2, 0.25) is 0 Å². The van der Waals surface area contributed by atoms with E-state index in [9.17, 15) is 4.79 Å².